The number of carbonyl (C=O) groups excluding carboxylic acids is 1. The lowest BCUT2D eigenvalue weighted by molar-refractivity contribution is -0.0761. The Morgan fingerprint density at radius 3 is 2.81 bits per heavy atom. The molecule has 0 aliphatic carbocycles. The fourth-order valence-electron chi connectivity index (χ4n) is 3.09. The molecular weight excluding hydrogens is 336 g/mol. The van der Waals surface area contributed by atoms with Gasteiger partial charge in [0, 0.05) is 12.6 Å². The van der Waals surface area contributed by atoms with Crippen LogP contribution in [0.1, 0.15) is 22.0 Å². The van der Waals surface area contributed by atoms with Gasteiger partial charge in [-0.2, -0.15) is 0 Å². The zero-order valence-corrected chi connectivity index (χ0v) is 14.9. The quantitative estimate of drug-likeness (QED) is 0.518. The fourth-order valence-corrected chi connectivity index (χ4v) is 3.09. The Labute approximate surface area is 149 Å². The molecule has 9 heteroatoms. The van der Waals surface area contributed by atoms with Crippen LogP contribution in [-0.2, 0) is 11.4 Å². The lowest BCUT2D eigenvalue weighted by atomic mass is 10.1. The van der Waals surface area contributed by atoms with E-state index in [9.17, 15) is 4.79 Å². The lowest BCUT2D eigenvalue weighted by Gasteiger charge is -2.14. The van der Waals surface area contributed by atoms with Crippen molar-refractivity contribution in [1.82, 2.24) is 29.4 Å². The number of hydrogen-bond donors (Lipinski definition) is 0. The number of rotatable bonds is 3. The van der Waals surface area contributed by atoms with Gasteiger partial charge >= 0.3 is 0 Å². The van der Waals surface area contributed by atoms with E-state index in [0.717, 1.165) is 39.4 Å². The monoisotopic (exact) mass is 354 g/mol. The topological polar surface area (TPSA) is 87.3 Å². The van der Waals surface area contributed by atoms with Gasteiger partial charge in [0.25, 0.3) is 5.91 Å². The van der Waals surface area contributed by atoms with Crippen LogP contribution >= 0.6 is 0 Å². The summed E-state index contributed by atoms with van der Waals surface area (Å²) < 4.78 is 9.22. The van der Waals surface area contributed by atoms with Crippen LogP contribution in [0.15, 0.2) is 24.5 Å². The largest absolute Gasteiger partial charge is 0.497 e. The molecule has 0 spiro atoms. The lowest BCUT2D eigenvalue weighted by Crippen LogP contribution is -2.27. The van der Waals surface area contributed by atoms with E-state index in [1.54, 1.807) is 20.5 Å². The number of methoxy groups -OCH3 is 1. The van der Waals surface area contributed by atoms with E-state index >= 15 is 0 Å². The predicted molar refractivity (Wildman–Crippen MR) is 92.1 cm³/mol. The van der Waals surface area contributed by atoms with Crippen molar-refractivity contribution < 1.29 is 14.4 Å². The van der Waals surface area contributed by atoms with Crippen LogP contribution < -0.4 is 4.74 Å². The van der Waals surface area contributed by atoms with Gasteiger partial charge in [-0.3, -0.25) is 14.2 Å². The van der Waals surface area contributed by atoms with Crippen molar-refractivity contribution in [2.45, 2.75) is 13.5 Å². The number of amides is 1. The first-order chi connectivity index (χ1) is 12.5. The summed E-state index contributed by atoms with van der Waals surface area (Å²) in [5, 5.41) is 9.68. The number of benzene rings is 1. The molecule has 2 aromatic heterocycles. The molecule has 1 aliphatic heterocycles. The number of hydrogen-bond acceptors (Lipinski definition) is 6. The molecule has 1 amide bonds. The zero-order valence-electron chi connectivity index (χ0n) is 14.9. The number of hydroxylamine groups is 2. The van der Waals surface area contributed by atoms with Gasteiger partial charge in [0.1, 0.15) is 17.9 Å². The molecule has 26 heavy (non-hydrogen) atoms. The molecule has 1 aliphatic rings. The van der Waals surface area contributed by atoms with Crippen molar-refractivity contribution in [1.29, 1.82) is 0 Å². The molecule has 134 valence electrons. The summed E-state index contributed by atoms with van der Waals surface area (Å²) in [5.41, 5.74) is 2.79. The molecule has 0 fully saturated rings. The Kier molecular flexibility index (Phi) is 3.73. The number of aromatic nitrogens is 5. The average molecular weight is 354 g/mol. The van der Waals surface area contributed by atoms with E-state index in [1.165, 1.54) is 7.11 Å². The third-order valence-corrected chi connectivity index (χ3v) is 4.58. The minimum Gasteiger partial charge on any atom is -0.497 e. The maximum Gasteiger partial charge on any atom is 0.297 e. The minimum atomic E-state index is -0.314. The zero-order chi connectivity index (χ0) is 18.4. The highest BCUT2D eigenvalue weighted by molar-refractivity contribution is 5.93. The highest BCUT2D eigenvalue weighted by atomic mass is 16.7. The van der Waals surface area contributed by atoms with E-state index < -0.39 is 0 Å². The second kappa shape index (κ2) is 5.95. The second-order valence-electron chi connectivity index (χ2n) is 5.94. The van der Waals surface area contributed by atoms with Gasteiger partial charge in [-0.05, 0) is 25.1 Å². The van der Waals surface area contributed by atoms with Crippen molar-refractivity contribution in [2.75, 3.05) is 21.3 Å². The maximum absolute atomic E-state index is 12.6. The molecule has 9 nitrogen and oxygen atoms in total. The molecule has 0 radical (unpaired) electrons. The summed E-state index contributed by atoms with van der Waals surface area (Å²) >= 11 is 0. The van der Waals surface area contributed by atoms with Gasteiger partial charge < -0.3 is 9.30 Å². The van der Waals surface area contributed by atoms with E-state index in [1.807, 2.05) is 34.3 Å². The van der Waals surface area contributed by atoms with Crippen LogP contribution in [0.25, 0.3) is 17.1 Å². The van der Waals surface area contributed by atoms with Crippen LogP contribution in [0, 0.1) is 6.92 Å². The maximum atomic E-state index is 12.6. The summed E-state index contributed by atoms with van der Waals surface area (Å²) in [6.07, 6.45) is 1.65. The highest BCUT2D eigenvalue weighted by Crippen LogP contribution is 2.34. The molecule has 4 rings (SSSR count). The van der Waals surface area contributed by atoms with Crippen molar-refractivity contribution >= 4 is 5.91 Å². The molecule has 0 atom stereocenters. The van der Waals surface area contributed by atoms with Crippen LogP contribution in [0.4, 0.5) is 0 Å². The van der Waals surface area contributed by atoms with Crippen molar-refractivity contribution in [3.8, 4) is 22.8 Å². The van der Waals surface area contributed by atoms with E-state index in [0.29, 0.717) is 12.2 Å². The summed E-state index contributed by atoms with van der Waals surface area (Å²) in [5.74, 6) is 1.88. The molecule has 0 bridgehead atoms. The first-order valence-electron chi connectivity index (χ1n) is 8.02. The van der Waals surface area contributed by atoms with Crippen molar-refractivity contribution in [2.24, 2.45) is 0 Å². The van der Waals surface area contributed by atoms with E-state index in [4.69, 9.17) is 9.57 Å². The number of ether oxygens (including phenoxy) is 1. The van der Waals surface area contributed by atoms with Crippen molar-refractivity contribution in [3.05, 3.63) is 41.7 Å². The Hall–Kier alpha value is -3.20. The van der Waals surface area contributed by atoms with Gasteiger partial charge in [-0.1, -0.05) is 0 Å². The SMILES string of the molecule is COc1ccc2c(c1)-c1nnc(C)n1Cc1c(C(=O)N(C)OC)ncn1-2. The van der Waals surface area contributed by atoms with Crippen LogP contribution in [-0.4, -0.2) is 56.6 Å². The van der Waals surface area contributed by atoms with Gasteiger partial charge in [0.15, 0.2) is 11.5 Å². The van der Waals surface area contributed by atoms with Gasteiger partial charge in [-0.15, -0.1) is 10.2 Å². The van der Waals surface area contributed by atoms with Crippen LogP contribution in [0.3, 0.4) is 0 Å². The molecule has 3 heterocycles. The molecule has 0 N–H and O–H groups in total. The fraction of sp³-hybridized carbons (Fsp3) is 0.294. The molecule has 3 aromatic rings. The van der Waals surface area contributed by atoms with Gasteiger partial charge in [-0.25, -0.2) is 10.0 Å². The summed E-state index contributed by atoms with van der Waals surface area (Å²) in [4.78, 5) is 22.0. The Balaban J connectivity index is 1.98. The number of carbonyl (C=O) groups is 1. The molecule has 0 saturated carbocycles. The molecule has 0 unspecified atom stereocenters. The minimum absolute atomic E-state index is 0.314. The summed E-state index contributed by atoms with van der Waals surface area (Å²) in [6, 6.07) is 5.70. The summed E-state index contributed by atoms with van der Waals surface area (Å²) in [7, 11) is 4.61. The number of imidazole rings is 1. The first-order valence-corrected chi connectivity index (χ1v) is 8.02. The van der Waals surface area contributed by atoms with Crippen molar-refractivity contribution in [3.63, 3.8) is 0 Å². The third-order valence-electron chi connectivity index (χ3n) is 4.58. The van der Waals surface area contributed by atoms with Crippen LogP contribution in [0.2, 0.25) is 0 Å². The molecule has 0 saturated heterocycles. The van der Waals surface area contributed by atoms with E-state index in [-0.39, 0.29) is 5.91 Å². The molecular formula is C17H18N6O3. The number of nitrogens with zero attached hydrogens (tertiary/aromatic N) is 6. The molecule has 1 aromatic carbocycles. The van der Waals surface area contributed by atoms with Gasteiger partial charge in [0.2, 0.25) is 0 Å². The van der Waals surface area contributed by atoms with Gasteiger partial charge in [0.05, 0.1) is 32.1 Å². The average Bonchev–Trinajstić information content (AvgIpc) is 3.21. The summed E-state index contributed by atoms with van der Waals surface area (Å²) in [6.45, 7) is 2.30. The Morgan fingerprint density at radius 2 is 2.08 bits per heavy atom. The first kappa shape index (κ1) is 16.3. The van der Waals surface area contributed by atoms with E-state index in [2.05, 4.69) is 15.2 Å². The third kappa shape index (κ3) is 2.28. The smallest absolute Gasteiger partial charge is 0.297 e. The second-order valence-corrected chi connectivity index (χ2v) is 5.94. The predicted octanol–water partition coefficient (Wildman–Crippen LogP) is 1.44. The normalized spacial score (nSPS) is 12.0. The number of fused-ring (bicyclic) bond motifs is 5. The highest BCUT2D eigenvalue weighted by Gasteiger charge is 2.28. The Bertz CT molecular complexity index is 1010. The van der Waals surface area contributed by atoms with Crippen LogP contribution in [0.5, 0.6) is 5.75 Å². The Morgan fingerprint density at radius 1 is 1.27 bits per heavy atom. The standard InChI is InChI=1S/C17H18N6O3/c1-10-19-20-16-12-7-11(25-3)5-6-13(12)23-9-18-15(14(23)8-22(10)16)17(24)21(2)26-4/h5-7,9H,8H2,1-4H3. The number of aryl methyl sites for hydroxylation is 1.